The first-order chi connectivity index (χ1) is 11.3. The summed E-state index contributed by atoms with van der Waals surface area (Å²) >= 11 is 0. The SMILES string of the molecule is CN1CCNCC1c1noc(CCc2nc3ccccc3o2)n1. The van der Waals surface area contributed by atoms with Gasteiger partial charge in [0.1, 0.15) is 5.52 Å². The van der Waals surface area contributed by atoms with Gasteiger partial charge >= 0.3 is 0 Å². The van der Waals surface area contributed by atoms with Crippen LogP contribution < -0.4 is 5.32 Å². The lowest BCUT2D eigenvalue weighted by atomic mass is 10.2. The van der Waals surface area contributed by atoms with Gasteiger partial charge in [-0.15, -0.1) is 0 Å². The number of aryl methyl sites for hydroxylation is 2. The van der Waals surface area contributed by atoms with Gasteiger partial charge in [0, 0.05) is 32.5 Å². The maximum Gasteiger partial charge on any atom is 0.227 e. The topological polar surface area (TPSA) is 80.2 Å². The van der Waals surface area contributed by atoms with Gasteiger partial charge < -0.3 is 14.3 Å². The first-order valence-corrected chi connectivity index (χ1v) is 7.87. The number of para-hydroxylation sites is 2. The molecule has 1 atom stereocenters. The second-order valence-electron chi connectivity index (χ2n) is 5.82. The molecule has 0 radical (unpaired) electrons. The van der Waals surface area contributed by atoms with E-state index in [1.165, 1.54) is 0 Å². The molecule has 1 aliphatic rings. The smallest absolute Gasteiger partial charge is 0.227 e. The molecular formula is C16H19N5O2. The van der Waals surface area contributed by atoms with Crippen LogP contribution >= 0.6 is 0 Å². The lowest BCUT2D eigenvalue weighted by Crippen LogP contribution is -2.44. The lowest BCUT2D eigenvalue weighted by Gasteiger charge is -2.30. The molecular weight excluding hydrogens is 294 g/mol. The first-order valence-electron chi connectivity index (χ1n) is 7.87. The second kappa shape index (κ2) is 6.10. The number of hydrogen-bond acceptors (Lipinski definition) is 7. The van der Waals surface area contributed by atoms with Crippen LogP contribution in [0.25, 0.3) is 11.1 Å². The van der Waals surface area contributed by atoms with Crippen LogP contribution in [0.5, 0.6) is 0 Å². The second-order valence-corrected chi connectivity index (χ2v) is 5.82. The molecule has 120 valence electrons. The van der Waals surface area contributed by atoms with Crippen molar-refractivity contribution in [3.05, 3.63) is 41.9 Å². The fraction of sp³-hybridized carbons (Fsp3) is 0.438. The Balaban J connectivity index is 1.43. The third-order valence-electron chi connectivity index (χ3n) is 4.18. The Morgan fingerprint density at radius 3 is 2.96 bits per heavy atom. The van der Waals surface area contributed by atoms with E-state index in [0.29, 0.717) is 24.6 Å². The number of benzene rings is 1. The summed E-state index contributed by atoms with van der Waals surface area (Å²) in [5, 5.41) is 7.48. The van der Waals surface area contributed by atoms with Gasteiger partial charge in [-0.25, -0.2) is 4.98 Å². The molecule has 1 fully saturated rings. The number of nitrogens with zero attached hydrogens (tertiary/aromatic N) is 4. The Bertz CT molecular complexity index is 763. The van der Waals surface area contributed by atoms with Gasteiger partial charge in [0.05, 0.1) is 6.04 Å². The third kappa shape index (κ3) is 2.97. The van der Waals surface area contributed by atoms with Crippen molar-refractivity contribution in [2.24, 2.45) is 0 Å². The molecule has 0 amide bonds. The molecule has 2 aromatic heterocycles. The maximum atomic E-state index is 5.71. The summed E-state index contributed by atoms with van der Waals surface area (Å²) in [6.07, 6.45) is 1.28. The molecule has 0 spiro atoms. The van der Waals surface area contributed by atoms with Gasteiger partial charge in [0.25, 0.3) is 0 Å². The quantitative estimate of drug-likeness (QED) is 0.783. The fourth-order valence-corrected chi connectivity index (χ4v) is 2.84. The Hall–Kier alpha value is -2.25. The van der Waals surface area contributed by atoms with Crippen LogP contribution in [-0.2, 0) is 12.8 Å². The van der Waals surface area contributed by atoms with E-state index in [9.17, 15) is 0 Å². The lowest BCUT2D eigenvalue weighted by molar-refractivity contribution is 0.190. The van der Waals surface area contributed by atoms with Crippen LogP contribution in [0.3, 0.4) is 0 Å². The van der Waals surface area contributed by atoms with E-state index < -0.39 is 0 Å². The summed E-state index contributed by atoms with van der Waals surface area (Å²) in [5.74, 6) is 2.07. The van der Waals surface area contributed by atoms with Gasteiger partial charge in [0.15, 0.2) is 17.3 Å². The molecule has 0 saturated carbocycles. The average Bonchev–Trinajstić information content (AvgIpc) is 3.19. The number of aromatic nitrogens is 3. The van der Waals surface area contributed by atoms with Crippen LogP contribution in [0, 0.1) is 0 Å². The first kappa shape index (κ1) is 14.3. The highest BCUT2D eigenvalue weighted by Gasteiger charge is 2.25. The molecule has 1 N–H and O–H groups in total. The van der Waals surface area contributed by atoms with Gasteiger partial charge in [0.2, 0.25) is 5.89 Å². The van der Waals surface area contributed by atoms with Crippen LogP contribution in [0.2, 0.25) is 0 Å². The van der Waals surface area contributed by atoms with E-state index in [1.54, 1.807) is 0 Å². The van der Waals surface area contributed by atoms with Crippen molar-refractivity contribution >= 4 is 11.1 Å². The summed E-state index contributed by atoms with van der Waals surface area (Å²) in [5.41, 5.74) is 1.69. The number of fused-ring (bicyclic) bond motifs is 1. The Labute approximate surface area is 133 Å². The normalized spacial score (nSPS) is 19.4. The van der Waals surface area contributed by atoms with Gasteiger partial charge in [-0.1, -0.05) is 17.3 Å². The maximum absolute atomic E-state index is 5.71. The van der Waals surface area contributed by atoms with E-state index in [0.717, 1.165) is 36.6 Å². The number of nitrogens with one attached hydrogen (secondary N) is 1. The highest BCUT2D eigenvalue weighted by atomic mass is 16.5. The largest absolute Gasteiger partial charge is 0.441 e. The van der Waals surface area contributed by atoms with Gasteiger partial charge in [-0.05, 0) is 19.2 Å². The fourth-order valence-electron chi connectivity index (χ4n) is 2.84. The van der Waals surface area contributed by atoms with Crippen LogP contribution in [0.4, 0.5) is 0 Å². The molecule has 1 aliphatic heterocycles. The minimum atomic E-state index is 0.172. The van der Waals surface area contributed by atoms with Crippen molar-refractivity contribution in [2.45, 2.75) is 18.9 Å². The zero-order valence-corrected chi connectivity index (χ0v) is 13.0. The molecule has 7 heteroatoms. The minimum absolute atomic E-state index is 0.172. The van der Waals surface area contributed by atoms with Crippen molar-refractivity contribution in [3.63, 3.8) is 0 Å². The summed E-state index contributed by atoms with van der Waals surface area (Å²) in [6.45, 7) is 2.83. The molecule has 3 aromatic rings. The summed E-state index contributed by atoms with van der Waals surface area (Å²) < 4.78 is 11.1. The van der Waals surface area contributed by atoms with Crippen molar-refractivity contribution < 1.29 is 8.94 Å². The number of oxazole rings is 1. The van der Waals surface area contributed by atoms with Gasteiger partial charge in [-0.3, -0.25) is 4.90 Å². The monoisotopic (exact) mass is 313 g/mol. The third-order valence-corrected chi connectivity index (χ3v) is 4.18. The molecule has 0 aliphatic carbocycles. The van der Waals surface area contributed by atoms with Crippen LogP contribution in [0.1, 0.15) is 23.6 Å². The number of rotatable bonds is 4. The molecule has 4 rings (SSSR count). The van der Waals surface area contributed by atoms with Crippen molar-refractivity contribution in [2.75, 3.05) is 26.7 Å². The summed E-state index contributed by atoms with van der Waals surface area (Å²) in [4.78, 5) is 11.2. The average molecular weight is 313 g/mol. The molecule has 1 unspecified atom stereocenters. The van der Waals surface area contributed by atoms with Crippen LogP contribution in [-0.4, -0.2) is 46.7 Å². The van der Waals surface area contributed by atoms with Crippen LogP contribution in [0.15, 0.2) is 33.2 Å². The number of hydrogen-bond donors (Lipinski definition) is 1. The van der Waals surface area contributed by atoms with Crippen molar-refractivity contribution in [1.82, 2.24) is 25.3 Å². The predicted molar refractivity (Wildman–Crippen MR) is 84.0 cm³/mol. The minimum Gasteiger partial charge on any atom is -0.441 e. The Kier molecular flexibility index (Phi) is 3.80. The van der Waals surface area contributed by atoms with Crippen molar-refractivity contribution in [3.8, 4) is 0 Å². The number of likely N-dealkylation sites (N-methyl/N-ethyl adjacent to an activating group) is 1. The van der Waals surface area contributed by atoms with E-state index >= 15 is 0 Å². The highest BCUT2D eigenvalue weighted by molar-refractivity contribution is 5.72. The standard InChI is InChI=1S/C16H19N5O2/c1-21-9-8-17-10-12(21)16-19-15(23-20-16)7-6-14-18-11-4-2-3-5-13(11)22-14/h2-5,12,17H,6-10H2,1H3. The molecule has 0 bridgehead atoms. The Morgan fingerprint density at radius 1 is 1.22 bits per heavy atom. The predicted octanol–water partition coefficient (Wildman–Crippen LogP) is 1.57. The molecule has 1 aromatic carbocycles. The molecule has 3 heterocycles. The molecule has 23 heavy (non-hydrogen) atoms. The van der Waals surface area contributed by atoms with E-state index in [4.69, 9.17) is 8.94 Å². The highest BCUT2D eigenvalue weighted by Crippen LogP contribution is 2.19. The zero-order chi connectivity index (χ0) is 15.6. The number of piperazine rings is 1. The van der Waals surface area contributed by atoms with Gasteiger partial charge in [-0.2, -0.15) is 4.98 Å². The van der Waals surface area contributed by atoms with Crippen molar-refractivity contribution in [1.29, 1.82) is 0 Å². The van der Waals surface area contributed by atoms with E-state index in [1.807, 2.05) is 24.3 Å². The Morgan fingerprint density at radius 2 is 2.09 bits per heavy atom. The summed E-state index contributed by atoms with van der Waals surface area (Å²) in [7, 11) is 2.08. The van der Waals surface area contributed by atoms with E-state index in [-0.39, 0.29) is 6.04 Å². The molecule has 1 saturated heterocycles. The zero-order valence-electron chi connectivity index (χ0n) is 13.0. The summed E-state index contributed by atoms with van der Waals surface area (Å²) in [6, 6.07) is 7.93. The molecule has 7 nitrogen and oxygen atoms in total. The van der Waals surface area contributed by atoms with E-state index in [2.05, 4.69) is 32.4 Å².